The first kappa shape index (κ1) is 12.8. The van der Waals surface area contributed by atoms with Gasteiger partial charge < -0.3 is 5.32 Å². The van der Waals surface area contributed by atoms with Gasteiger partial charge in [-0.05, 0) is 42.5 Å². The van der Waals surface area contributed by atoms with Crippen LogP contribution in [0.3, 0.4) is 0 Å². The Bertz CT molecular complexity index is 492. The lowest BCUT2D eigenvalue weighted by atomic mass is 10.1. The van der Waals surface area contributed by atoms with E-state index in [-0.39, 0.29) is 0 Å². The number of rotatable bonds is 4. The SMILES string of the molecule is Cc1ccsc1CN[C@@H](C)c1ccccc1Br. The van der Waals surface area contributed by atoms with Gasteiger partial charge in [-0.1, -0.05) is 34.1 Å². The van der Waals surface area contributed by atoms with E-state index in [2.05, 4.69) is 64.7 Å². The minimum atomic E-state index is 0.354. The summed E-state index contributed by atoms with van der Waals surface area (Å²) in [5.74, 6) is 0. The van der Waals surface area contributed by atoms with E-state index in [0.29, 0.717) is 6.04 Å². The zero-order valence-corrected chi connectivity index (χ0v) is 12.4. The minimum Gasteiger partial charge on any atom is -0.305 e. The van der Waals surface area contributed by atoms with Crippen molar-refractivity contribution in [2.75, 3.05) is 0 Å². The number of nitrogens with one attached hydrogen (secondary N) is 1. The molecule has 17 heavy (non-hydrogen) atoms. The third-order valence-corrected chi connectivity index (χ3v) is 4.65. The molecule has 0 aliphatic heterocycles. The fourth-order valence-electron chi connectivity index (χ4n) is 1.77. The van der Waals surface area contributed by atoms with E-state index in [9.17, 15) is 0 Å². The van der Waals surface area contributed by atoms with Gasteiger partial charge in [0, 0.05) is 21.9 Å². The van der Waals surface area contributed by atoms with E-state index in [4.69, 9.17) is 0 Å². The molecule has 0 aliphatic rings. The predicted octanol–water partition coefficient (Wildman–Crippen LogP) is 4.67. The molecule has 90 valence electrons. The molecular weight excluding hydrogens is 294 g/mol. The maximum atomic E-state index is 3.59. The zero-order valence-electron chi connectivity index (χ0n) is 10.0. The molecule has 0 spiro atoms. The average molecular weight is 310 g/mol. The van der Waals surface area contributed by atoms with Gasteiger partial charge in [-0.25, -0.2) is 0 Å². The zero-order chi connectivity index (χ0) is 12.3. The molecule has 0 fully saturated rings. The van der Waals surface area contributed by atoms with Crippen LogP contribution in [-0.4, -0.2) is 0 Å². The molecule has 1 nitrogen and oxygen atoms in total. The quantitative estimate of drug-likeness (QED) is 0.865. The second-order valence-electron chi connectivity index (χ2n) is 4.15. The van der Waals surface area contributed by atoms with Gasteiger partial charge in [0.2, 0.25) is 0 Å². The average Bonchev–Trinajstić information content (AvgIpc) is 2.72. The van der Waals surface area contributed by atoms with Crippen molar-refractivity contribution in [3.63, 3.8) is 0 Å². The number of benzene rings is 1. The molecule has 2 aromatic rings. The second kappa shape index (κ2) is 5.80. The Morgan fingerprint density at radius 3 is 2.71 bits per heavy atom. The van der Waals surface area contributed by atoms with E-state index < -0.39 is 0 Å². The lowest BCUT2D eigenvalue weighted by molar-refractivity contribution is 0.576. The van der Waals surface area contributed by atoms with Gasteiger partial charge in [0.05, 0.1) is 0 Å². The maximum absolute atomic E-state index is 3.59. The highest BCUT2D eigenvalue weighted by Crippen LogP contribution is 2.24. The van der Waals surface area contributed by atoms with Crippen LogP contribution >= 0.6 is 27.3 Å². The number of halogens is 1. The van der Waals surface area contributed by atoms with Crippen LogP contribution in [0.25, 0.3) is 0 Å². The summed E-state index contributed by atoms with van der Waals surface area (Å²) in [6, 6.07) is 10.9. The fraction of sp³-hybridized carbons (Fsp3) is 0.286. The summed E-state index contributed by atoms with van der Waals surface area (Å²) in [5, 5.41) is 5.71. The number of aryl methyl sites for hydroxylation is 1. The van der Waals surface area contributed by atoms with Crippen LogP contribution in [0.15, 0.2) is 40.2 Å². The second-order valence-corrected chi connectivity index (χ2v) is 6.01. The number of hydrogen-bond donors (Lipinski definition) is 1. The highest BCUT2D eigenvalue weighted by atomic mass is 79.9. The molecule has 0 aliphatic carbocycles. The molecule has 0 radical (unpaired) electrons. The molecule has 2 rings (SSSR count). The van der Waals surface area contributed by atoms with Crippen molar-refractivity contribution < 1.29 is 0 Å². The molecule has 1 atom stereocenters. The molecule has 0 unspecified atom stereocenters. The third-order valence-electron chi connectivity index (χ3n) is 2.91. The molecule has 1 heterocycles. The van der Waals surface area contributed by atoms with Crippen molar-refractivity contribution >= 4 is 27.3 Å². The normalized spacial score (nSPS) is 12.6. The molecule has 0 amide bonds. The summed E-state index contributed by atoms with van der Waals surface area (Å²) >= 11 is 5.41. The van der Waals surface area contributed by atoms with Crippen LogP contribution < -0.4 is 5.32 Å². The summed E-state index contributed by atoms with van der Waals surface area (Å²) in [7, 11) is 0. The highest BCUT2D eigenvalue weighted by molar-refractivity contribution is 9.10. The summed E-state index contributed by atoms with van der Waals surface area (Å²) < 4.78 is 1.17. The Hall–Kier alpha value is -0.640. The largest absolute Gasteiger partial charge is 0.305 e. The number of thiophene rings is 1. The lowest BCUT2D eigenvalue weighted by Gasteiger charge is -2.15. The van der Waals surface area contributed by atoms with Crippen LogP contribution in [0.2, 0.25) is 0 Å². The van der Waals surface area contributed by atoms with Crippen molar-refractivity contribution in [3.05, 3.63) is 56.2 Å². The summed E-state index contributed by atoms with van der Waals surface area (Å²) in [4.78, 5) is 1.42. The molecule has 0 bridgehead atoms. The first-order chi connectivity index (χ1) is 8.18. The predicted molar refractivity (Wildman–Crippen MR) is 78.5 cm³/mol. The van der Waals surface area contributed by atoms with Crippen molar-refractivity contribution in [2.24, 2.45) is 0 Å². The van der Waals surface area contributed by atoms with Crippen molar-refractivity contribution in [1.82, 2.24) is 5.32 Å². The molecule has 1 N–H and O–H groups in total. The van der Waals surface area contributed by atoms with Crippen molar-refractivity contribution in [3.8, 4) is 0 Å². The van der Waals surface area contributed by atoms with Crippen molar-refractivity contribution in [1.29, 1.82) is 0 Å². The van der Waals surface area contributed by atoms with Gasteiger partial charge in [0.1, 0.15) is 0 Å². The van der Waals surface area contributed by atoms with E-state index in [1.54, 1.807) is 0 Å². The molecule has 0 saturated carbocycles. The summed E-state index contributed by atoms with van der Waals surface area (Å²) in [5.41, 5.74) is 2.68. The fourth-order valence-corrected chi connectivity index (χ4v) is 3.25. The van der Waals surface area contributed by atoms with Gasteiger partial charge in [0.25, 0.3) is 0 Å². The van der Waals surface area contributed by atoms with Gasteiger partial charge in [-0.3, -0.25) is 0 Å². The van der Waals surface area contributed by atoms with Crippen molar-refractivity contribution in [2.45, 2.75) is 26.4 Å². The van der Waals surface area contributed by atoms with Crippen LogP contribution in [0.1, 0.15) is 29.0 Å². The van der Waals surface area contributed by atoms with Gasteiger partial charge in [-0.2, -0.15) is 0 Å². The standard InChI is InChI=1S/C14H16BrNS/c1-10-7-8-17-14(10)9-16-11(2)12-5-3-4-6-13(12)15/h3-8,11,16H,9H2,1-2H3/t11-/m0/s1. The van der Waals surface area contributed by atoms with Crippen LogP contribution in [-0.2, 0) is 6.54 Å². The molecule has 1 aromatic carbocycles. The Kier molecular flexibility index (Phi) is 4.37. The summed E-state index contributed by atoms with van der Waals surface area (Å²) in [6.45, 7) is 5.30. The monoisotopic (exact) mass is 309 g/mol. The highest BCUT2D eigenvalue weighted by Gasteiger charge is 2.08. The third kappa shape index (κ3) is 3.18. The molecular formula is C14H16BrNS. The first-order valence-corrected chi connectivity index (χ1v) is 7.36. The summed E-state index contributed by atoms with van der Waals surface area (Å²) in [6.07, 6.45) is 0. The maximum Gasteiger partial charge on any atom is 0.0308 e. The topological polar surface area (TPSA) is 12.0 Å². The Labute approximate surface area is 115 Å². The van der Waals surface area contributed by atoms with Crippen LogP contribution in [0.5, 0.6) is 0 Å². The van der Waals surface area contributed by atoms with Gasteiger partial charge >= 0.3 is 0 Å². The van der Waals surface area contributed by atoms with E-state index in [1.807, 2.05) is 17.4 Å². The van der Waals surface area contributed by atoms with E-state index in [1.165, 1.54) is 20.5 Å². The Balaban J connectivity index is 2.01. The smallest absolute Gasteiger partial charge is 0.0308 e. The van der Waals surface area contributed by atoms with Gasteiger partial charge in [-0.15, -0.1) is 11.3 Å². The van der Waals surface area contributed by atoms with Crippen LogP contribution in [0, 0.1) is 6.92 Å². The van der Waals surface area contributed by atoms with Gasteiger partial charge in [0.15, 0.2) is 0 Å². The molecule has 3 heteroatoms. The molecule has 1 aromatic heterocycles. The Morgan fingerprint density at radius 2 is 2.06 bits per heavy atom. The molecule has 0 saturated heterocycles. The Morgan fingerprint density at radius 1 is 1.29 bits per heavy atom. The lowest BCUT2D eigenvalue weighted by Crippen LogP contribution is -2.18. The van der Waals surface area contributed by atoms with E-state index in [0.717, 1.165) is 6.54 Å². The van der Waals surface area contributed by atoms with E-state index >= 15 is 0 Å². The first-order valence-electron chi connectivity index (χ1n) is 5.69. The number of hydrogen-bond acceptors (Lipinski definition) is 2. The van der Waals surface area contributed by atoms with Crippen LogP contribution in [0.4, 0.5) is 0 Å². The minimum absolute atomic E-state index is 0.354.